The zero-order chi connectivity index (χ0) is 15.1. The van der Waals surface area contributed by atoms with Crippen LogP contribution in [-0.2, 0) is 6.42 Å². The number of nitrogens with two attached hydrogens (primary N) is 1. The van der Waals surface area contributed by atoms with E-state index in [2.05, 4.69) is 4.98 Å². The molecule has 1 heterocycles. The van der Waals surface area contributed by atoms with Crippen molar-refractivity contribution >= 4 is 39.9 Å². The monoisotopic (exact) mass is 323 g/mol. The van der Waals surface area contributed by atoms with Gasteiger partial charge in [0.2, 0.25) is 0 Å². The molecule has 0 amide bonds. The summed E-state index contributed by atoms with van der Waals surface area (Å²) < 4.78 is 15.5. The normalized spacial score (nSPS) is 11.2. The van der Waals surface area contributed by atoms with Gasteiger partial charge in [0, 0.05) is 12.1 Å². The molecule has 0 saturated heterocycles. The number of hydrogen-bond acceptors (Lipinski definition) is 2. The van der Waals surface area contributed by atoms with Gasteiger partial charge in [-0.25, -0.2) is 9.37 Å². The Morgan fingerprint density at radius 1 is 1.19 bits per heavy atom. The topological polar surface area (TPSA) is 43.8 Å². The molecular weight excluding hydrogens is 312 g/mol. The molecule has 0 bridgehead atoms. The number of benzene rings is 2. The Morgan fingerprint density at radius 2 is 1.86 bits per heavy atom. The number of hydrogen-bond donors (Lipinski definition) is 1. The summed E-state index contributed by atoms with van der Waals surface area (Å²) in [5.74, 6) is 0.211. The van der Waals surface area contributed by atoms with E-state index in [4.69, 9.17) is 28.9 Å². The molecule has 1 aromatic heterocycles. The summed E-state index contributed by atoms with van der Waals surface area (Å²) in [5, 5.41) is -0.0336. The van der Waals surface area contributed by atoms with Crippen LogP contribution < -0.4 is 5.73 Å². The van der Waals surface area contributed by atoms with Crippen LogP contribution in [0.4, 0.5) is 10.1 Å². The van der Waals surface area contributed by atoms with Gasteiger partial charge in [-0.05, 0) is 30.3 Å². The first kappa shape index (κ1) is 14.2. The van der Waals surface area contributed by atoms with Crippen LogP contribution in [-0.4, -0.2) is 9.55 Å². The van der Waals surface area contributed by atoms with Gasteiger partial charge in [0.05, 0.1) is 26.8 Å². The number of nitrogen functional groups attached to an aromatic ring is 1. The maximum Gasteiger partial charge on any atom is 0.160 e. The molecule has 2 N–H and O–H groups in total. The molecule has 2 aromatic carbocycles. The quantitative estimate of drug-likeness (QED) is 0.552. The van der Waals surface area contributed by atoms with E-state index in [1.54, 1.807) is 24.3 Å². The molecule has 0 radical (unpaired) electrons. The van der Waals surface area contributed by atoms with Gasteiger partial charge in [-0.15, -0.1) is 0 Å². The molecule has 0 aliphatic rings. The van der Waals surface area contributed by atoms with Gasteiger partial charge >= 0.3 is 0 Å². The van der Waals surface area contributed by atoms with E-state index in [0.29, 0.717) is 17.8 Å². The standard InChI is InChI=1S/C15H12Cl2FN3/c1-2-14-20-12-5-8(19)3-4-13(12)21(14)9-6-10(16)15(18)11(17)7-9/h3-7H,2,19H2,1H3. The number of nitrogens with zero attached hydrogens (tertiary/aromatic N) is 2. The van der Waals surface area contributed by atoms with Crippen LogP contribution in [0.3, 0.4) is 0 Å². The average Bonchev–Trinajstić information content (AvgIpc) is 2.81. The summed E-state index contributed by atoms with van der Waals surface area (Å²) in [6.07, 6.45) is 0.710. The molecule has 0 spiro atoms. The van der Waals surface area contributed by atoms with Crippen LogP contribution in [0.1, 0.15) is 12.7 Å². The molecule has 6 heteroatoms. The second-order valence-electron chi connectivity index (χ2n) is 4.69. The predicted molar refractivity (Wildman–Crippen MR) is 84.8 cm³/mol. The highest BCUT2D eigenvalue weighted by molar-refractivity contribution is 6.35. The maximum atomic E-state index is 13.6. The molecule has 0 aliphatic heterocycles. The predicted octanol–water partition coefficient (Wildman–Crippen LogP) is 4.62. The minimum absolute atomic E-state index is 0.0168. The van der Waals surface area contributed by atoms with E-state index in [0.717, 1.165) is 16.9 Å². The van der Waals surface area contributed by atoms with Crippen molar-refractivity contribution in [2.24, 2.45) is 0 Å². The molecule has 3 nitrogen and oxygen atoms in total. The molecule has 0 aliphatic carbocycles. The molecule has 3 rings (SSSR count). The number of halogens is 3. The lowest BCUT2D eigenvalue weighted by atomic mass is 10.2. The van der Waals surface area contributed by atoms with Crippen LogP contribution in [0, 0.1) is 5.82 Å². The lowest BCUT2D eigenvalue weighted by Gasteiger charge is -2.10. The molecule has 108 valence electrons. The zero-order valence-corrected chi connectivity index (χ0v) is 12.7. The SMILES string of the molecule is CCc1nc2cc(N)ccc2n1-c1cc(Cl)c(F)c(Cl)c1. The highest BCUT2D eigenvalue weighted by Gasteiger charge is 2.15. The van der Waals surface area contributed by atoms with Crippen LogP contribution in [0.15, 0.2) is 30.3 Å². The molecule has 3 aromatic rings. The largest absolute Gasteiger partial charge is 0.399 e. The van der Waals surface area contributed by atoms with E-state index >= 15 is 0 Å². The van der Waals surface area contributed by atoms with Crippen molar-refractivity contribution in [3.8, 4) is 5.69 Å². The Hall–Kier alpha value is -1.78. The van der Waals surface area contributed by atoms with Crippen molar-refractivity contribution in [2.75, 3.05) is 5.73 Å². The summed E-state index contributed by atoms with van der Waals surface area (Å²) in [5.41, 5.74) is 8.77. The van der Waals surface area contributed by atoms with Crippen molar-refractivity contribution < 1.29 is 4.39 Å². The minimum Gasteiger partial charge on any atom is -0.399 e. The summed E-state index contributed by atoms with van der Waals surface area (Å²) in [7, 11) is 0. The van der Waals surface area contributed by atoms with Gasteiger partial charge in [-0.1, -0.05) is 30.1 Å². The fourth-order valence-corrected chi connectivity index (χ4v) is 2.82. The third-order valence-corrected chi connectivity index (χ3v) is 3.84. The van der Waals surface area contributed by atoms with Crippen molar-refractivity contribution in [2.45, 2.75) is 13.3 Å². The van der Waals surface area contributed by atoms with Gasteiger partial charge in [0.25, 0.3) is 0 Å². The summed E-state index contributed by atoms with van der Waals surface area (Å²) in [6.45, 7) is 1.99. The van der Waals surface area contributed by atoms with Gasteiger partial charge < -0.3 is 5.73 Å². The first-order valence-corrected chi connectivity index (χ1v) is 7.18. The zero-order valence-electron chi connectivity index (χ0n) is 11.2. The Kier molecular flexibility index (Phi) is 3.51. The van der Waals surface area contributed by atoms with Crippen LogP contribution in [0.5, 0.6) is 0 Å². The number of rotatable bonds is 2. The van der Waals surface area contributed by atoms with Gasteiger partial charge in [-0.2, -0.15) is 0 Å². The van der Waals surface area contributed by atoms with Gasteiger partial charge in [-0.3, -0.25) is 4.57 Å². The number of anilines is 1. The summed E-state index contributed by atoms with van der Waals surface area (Å²) in [4.78, 5) is 4.55. The first-order chi connectivity index (χ1) is 10.0. The summed E-state index contributed by atoms with van der Waals surface area (Å²) >= 11 is 11.8. The van der Waals surface area contributed by atoms with Crippen molar-refractivity contribution in [3.63, 3.8) is 0 Å². The Morgan fingerprint density at radius 3 is 2.48 bits per heavy atom. The van der Waals surface area contributed by atoms with E-state index in [9.17, 15) is 4.39 Å². The Labute approximate surface area is 131 Å². The highest BCUT2D eigenvalue weighted by atomic mass is 35.5. The third-order valence-electron chi connectivity index (χ3n) is 3.29. The van der Waals surface area contributed by atoms with Gasteiger partial charge in [0.1, 0.15) is 5.82 Å². The van der Waals surface area contributed by atoms with Crippen LogP contribution in [0.25, 0.3) is 16.7 Å². The van der Waals surface area contributed by atoms with Crippen LogP contribution >= 0.6 is 23.2 Å². The Bertz CT molecular complexity index is 819. The molecule has 0 atom stereocenters. The fraction of sp³-hybridized carbons (Fsp3) is 0.133. The number of aryl methyl sites for hydroxylation is 1. The van der Waals surface area contributed by atoms with E-state index in [1.807, 2.05) is 17.6 Å². The molecule has 0 unspecified atom stereocenters. The van der Waals surface area contributed by atoms with Crippen molar-refractivity contribution in [3.05, 3.63) is 52.0 Å². The first-order valence-electron chi connectivity index (χ1n) is 6.43. The van der Waals surface area contributed by atoms with Crippen molar-refractivity contribution in [1.29, 1.82) is 0 Å². The molecule has 0 saturated carbocycles. The Balaban J connectivity index is 2.33. The highest BCUT2D eigenvalue weighted by Crippen LogP contribution is 2.30. The second kappa shape index (κ2) is 5.20. The third kappa shape index (κ3) is 2.34. The number of aromatic nitrogens is 2. The second-order valence-corrected chi connectivity index (χ2v) is 5.50. The fourth-order valence-electron chi connectivity index (χ4n) is 2.34. The van der Waals surface area contributed by atoms with E-state index < -0.39 is 5.82 Å². The van der Waals surface area contributed by atoms with Crippen molar-refractivity contribution in [1.82, 2.24) is 9.55 Å². The smallest absolute Gasteiger partial charge is 0.160 e. The molecular formula is C15H12Cl2FN3. The minimum atomic E-state index is -0.617. The lowest BCUT2D eigenvalue weighted by Crippen LogP contribution is -2.01. The lowest BCUT2D eigenvalue weighted by molar-refractivity contribution is 0.628. The average molecular weight is 324 g/mol. The number of fused-ring (bicyclic) bond motifs is 1. The summed E-state index contributed by atoms with van der Waals surface area (Å²) in [6, 6.07) is 8.56. The molecule has 21 heavy (non-hydrogen) atoms. The van der Waals surface area contributed by atoms with E-state index in [1.165, 1.54) is 0 Å². The van der Waals surface area contributed by atoms with E-state index in [-0.39, 0.29) is 10.0 Å². The van der Waals surface area contributed by atoms with Gasteiger partial charge in [0.15, 0.2) is 5.82 Å². The van der Waals surface area contributed by atoms with Crippen LogP contribution in [0.2, 0.25) is 10.0 Å². The number of imidazole rings is 1. The molecule has 0 fully saturated rings. The maximum absolute atomic E-state index is 13.6.